The topological polar surface area (TPSA) is 75.6 Å². The highest BCUT2D eigenvalue weighted by atomic mass is 32.2. The molecule has 1 aliphatic rings. The third kappa shape index (κ3) is 5.68. The molecule has 0 aromatic heterocycles. The van der Waals surface area contributed by atoms with E-state index in [1.165, 1.54) is 24.3 Å². The van der Waals surface area contributed by atoms with Crippen molar-refractivity contribution in [2.45, 2.75) is 49.1 Å². The number of hydrogen-bond acceptors (Lipinski definition) is 4. The molecule has 0 atom stereocenters. The van der Waals surface area contributed by atoms with Crippen LogP contribution < -0.4 is 9.46 Å². The third-order valence-corrected chi connectivity index (χ3v) is 6.19. The Kier molecular flexibility index (Phi) is 6.16. The summed E-state index contributed by atoms with van der Waals surface area (Å²) in [6.45, 7) is 0. The average molecular weight is 433 g/mol. The molecule has 0 amide bonds. The van der Waals surface area contributed by atoms with Crippen LogP contribution in [-0.4, -0.2) is 32.0 Å². The Bertz CT molecular complexity index is 953. The van der Waals surface area contributed by atoms with Gasteiger partial charge in [-0.1, -0.05) is 18.2 Å². The highest BCUT2D eigenvalue weighted by Gasteiger charge is 2.31. The molecule has 2 N–H and O–H groups in total. The molecule has 1 fully saturated rings. The van der Waals surface area contributed by atoms with Crippen molar-refractivity contribution in [2.75, 3.05) is 0 Å². The Morgan fingerprint density at radius 2 is 1.62 bits per heavy atom. The Hall–Kier alpha value is -2.17. The summed E-state index contributed by atoms with van der Waals surface area (Å²) >= 11 is 0. The maximum absolute atomic E-state index is 14.5. The van der Waals surface area contributed by atoms with Crippen LogP contribution in [0.4, 0.5) is 17.6 Å². The predicted octanol–water partition coefficient (Wildman–Crippen LogP) is 3.97. The number of sulfonamides is 1. The van der Waals surface area contributed by atoms with E-state index in [4.69, 9.17) is 0 Å². The van der Waals surface area contributed by atoms with Crippen molar-refractivity contribution >= 4 is 10.0 Å². The van der Waals surface area contributed by atoms with E-state index in [-0.39, 0.29) is 22.1 Å². The first-order valence-electron chi connectivity index (χ1n) is 8.90. The first-order chi connectivity index (χ1) is 13.5. The van der Waals surface area contributed by atoms with Crippen LogP contribution in [0.25, 0.3) is 11.1 Å². The van der Waals surface area contributed by atoms with Gasteiger partial charge in [-0.25, -0.2) is 17.5 Å². The number of rotatable bonds is 5. The van der Waals surface area contributed by atoms with Crippen molar-refractivity contribution in [2.24, 2.45) is 0 Å². The Labute approximate surface area is 165 Å². The van der Waals surface area contributed by atoms with Gasteiger partial charge in [0.05, 0.1) is 11.0 Å². The maximum Gasteiger partial charge on any atom is 0.573 e. The molecule has 0 spiro atoms. The lowest BCUT2D eigenvalue weighted by atomic mass is 9.94. The number of nitrogens with one attached hydrogen (secondary N) is 1. The zero-order valence-electron chi connectivity index (χ0n) is 15.1. The number of alkyl halides is 3. The molecule has 1 aliphatic carbocycles. The summed E-state index contributed by atoms with van der Waals surface area (Å²) < 4.78 is 82.5. The van der Waals surface area contributed by atoms with Crippen molar-refractivity contribution in [1.82, 2.24) is 4.72 Å². The smallest absolute Gasteiger partial charge is 0.406 e. The van der Waals surface area contributed by atoms with Gasteiger partial charge in [0.2, 0.25) is 10.0 Å². The Balaban J connectivity index is 1.76. The molecule has 5 nitrogen and oxygen atoms in total. The van der Waals surface area contributed by atoms with E-state index < -0.39 is 34.1 Å². The predicted molar refractivity (Wildman–Crippen MR) is 97.1 cm³/mol. The van der Waals surface area contributed by atoms with Crippen LogP contribution in [0.15, 0.2) is 47.4 Å². The van der Waals surface area contributed by atoms with Gasteiger partial charge in [-0.2, -0.15) is 0 Å². The average Bonchev–Trinajstić information content (AvgIpc) is 2.63. The fourth-order valence-corrected chi connectivity index (χ4v) is 4.53. The SMILES string of the molecule is O=S(=O)(N[C@H]1CC[C@H](O)CC1)c1ccc(-c2ccc(OC(F)(F)F)cc2)c(F)c1. The molecule has 2 aromatic carbocycles. The molecule has 0 aliphatic heterocycles. The molecular formula is C19H19F4NO4S. The van der Waals surface area contributed by atoms with Gasteiger partial charge in [-0.05, 0) is 55.5 Å². The summed E-state index contributed by atoms with van der Waals surface area (Å²) in [5.41, 5.74) is 0.318. The fraction of sp³-hybridized carbons (Fsp3) is 0.368. The zero-order chi connectivity index (χ0) is 21.2. The van der Waals surface area contributed by atoms with Crippen LogP contribution in [0.1, 0.15) is 25.7 Å². The molecule has 158 valence electrons. The van der Waals surface area contributed by atoms with E-state index in [9.17, 15) is 31.1 Å². The summed E-state index contributed by atoms with van der Waals surface area (Å²) in [5.74, 6) is -1.26. The summed E-state index contributed by atoms with van der Waals surface area (Å²) in [6, 6.07) is 7.63. The molecule has 0 bridgehead atoms. The van der Waals surface area contributed by atoms with Gasteiger partial charge in [0.15, 0.2) is 0 Å². The van der Waals surface area contributed by atoms with Gasteiger partial charge in [0.1, 0.15) is 11.6 Å². The second-order valence-electron chi connectivity index (χ2n) is 6.84. The van der Waals surface area contributed by atoms with Crippen molar-refractivity contribution in [3.63, 3.8) is 0 Å². The van der Waals surface area contributed by atoms with Gasteiger partial charge >= 0.3 is 6.36 Å². The Morgan fingerprint density at radius 1 is 1.00 bits per heavy atom. The molecule has 0 unspecified atom stereocenters. The van der Waals surface area contributed by atoms with E-state index in [1.54, 1.807) is 0 Å². The van der Waals surface area contributed by atoms with Gasteiger partial charge in [0, 0.05) is 11.6 Å². The minimum absolute atomic E-state index is 0.0447. The van der Waals surface area contributed by atoms with E-state index in [1.807, 2.05) is 0 Å². The highest BCUT2D eigenvalue weighted by molar-refractivity contribution is 7.89. The lowest BCUT2D eigenvalue weighted by Gasteiger charge is -2.26. The van der Waals surface area contributed by atoms with Gasteiger partial charge < -0.3 is 9.84 Å². The maximum atomic E-state index is 14.5. The monoisotopic (exact) mass is 433 g/mol. The molecule has 2 aromatic rings. The van der Waals surface area contributed by atoms with Gasteiger partial charge in [-0.3, -0.25) is 0 Å². The lowest BCUT2D eigenvalue weighted by Crippen LogP contribution is -2.38. The fourth-order valence-electron chi connectivity index (χ4n) is 3.21. The number of hydrogen-bond donors (Lipinski definition) is 2. The molecular weight excluding hydrogens is 414 g/mol. The molecule has 29 heavy (non-hydrogen) atoms. The van der Waals surface area contributed by atoms with Crippen molar-refractivity contribution in [3.8, 4) is 16.9 Å². The van der Waals surface area contributed by atoms with E-state index >= 15 is 0 Å². The van der Waals surface area contributed by atoms with Crippen LogP contribution in [0.2, 0.25) is 0 Å². The van der Waals surface area contributed by atoms with Gasteiger partial charge in [0.25, 0.3) is 0 Å². The minimum atomic E-state index is -4.83. The number of ether oxygens (including phenoxy) is 1. The summed E-state index contributed by atoms with van der Waals surface area (Å²) in [7, 11) is -3.94. The van der Waals surface area contributed by atoms with Crippen LogP contribution in [0, 0.1) is 5.82 Å². The summed E-state index contributed by atoms with van der Waals surface area (Å²) in [5, 5.41) is 9.50. The standard InChI is InChI=1S/C19H19F4NO4S/c20-18-11-16(29(26,27)24-13-3-5-14(25)6-4-13)9-10-17(18)12-1-7-15(8-2-12)28-19(21,22)23/h1-2,7-11,13-14,24-25H,3-6H2/t13-,14-. The first kappa shape index (κ1) is 21.5. The van der Waals surface area contributed by atoms with Crippen molar-refractivity contribution in [3.05, 3.63) is 48.3 Å². The summed E-state index contributed by atoms with van der Waals surface area (Å²) in [6.07, 6.45) is -3.28. The Morgan fingerprint density at radius 3 is 2.17 bits per heavy atom. The number of aliphatic hydroxyl groups is 1. The first-order valence-corrected chi connectivity index (χ1v) is 10.4. The molecule has 0 heterocycles. The number of aliphatic hydroxyl groups excluding tert-OH is 1. The molecule has 10 heteroatoms. The summed E-state index contributed by atoms with van der Waals surface area (Å²) in [4.78, 5) is -0.248. The van der Waals surface area contributed by atoms with Crippen LogP contribution in [0.3, 0.4) is 0 Å². The quantitative estimate of drug-likeness (QED) is 0.700. The molecule has 0 saturated heterocycles. The van der Waals surface area contributed by atoms with Crippen LogP contribution in [0.5, 0.6) is 5.75 Å². The second kappa shape index (κ2) is 8.29. The highest BCUT2D eigenvalue weighted by Crippen LogP contribution is 2.29. The molecule has 0 radical (unpaired) electrons. The van der Waals surface area contributed by atoms with Crippen molar-refractivity contribution < 1.29 is 35.8 Å². The largest absolute Gasteiger partial charge is 0.573 e. The van der Waals surface area contributed by atoms with Gasteiger partial charge in [-0.15, -0.1) is 13.2 Å². The lowest BCUT2D eigenvalue weighted by molar-refractivity contribution is -0.274. The van der Waals surface area contributed by atoms with E-state index in [0.717, 1.165) is 18.2 Å². The minimum Gasteiger partial charge on any atom is -0.406 e. The normalized spacial score (nSPS) is 20.4. The molecule has 1 saturated carbocycles. The zero-order valence-corrected chi connectivity index (χ0v) is 15.9. The second-order valence-corrected chi connectivity index (χ2v) is 8.55. The molecule has 3 rings (SSSR count). The number of halogens is 4. The van der Waals surface area contributed by atoms with Crippen LogP contribution >= 0.6 is 0 Å². The number of benzene rings is 2. The van der Waals surface area contributed by atoms with Crippen molar-refractivity contribution in [1.29, 1.82) is 0 Å². The van der Waals surface area contributed by atoms with E-state index in [2.05, 4.69) is 9.46 Å². The van der Waals surface area contributed by atoms with Crippen LogP contribution in [-0.2, 0) is 10.0 Å². The van der Waals surface area contributed by atoms with E-state index in [0.29, 0.717) is 25.7 Å². The third-order valence-electron chi connectivity index (χ3n) is 4.67.